The number of aliphatic hydroxyl groups excluding tert-OH is 1. The van der Waals surface area contributed by atoms with E-state index in [-0.39, 0.29) is 11.3 Å². The standard InChI is InChI=1S/C14H22N2O2/c1-9(17)10-7-5-6-8-11(10)16-13(18)12(15)14(2,3)4/h5-9,12,17H,15H2,1-4H3,(H,16,18). The molecule has 2 atom stereocenters. The van der Waals surface area contributed by atoms with E-state index in [4.69, 9.17) is 5.73 Å². The molecule has 0 aliphatic carbocycles. The second-order valence-corrected chi connectivity index (χ2v) is 5.60. The van der Waals surface area contributed by atoms with Gasteiger partial charge in [-0.05, 0) is 18.4 Å². The molecule has 0 spiro atoms. The molecule has 0 radical (unpaired) electrons. The van der Waals surface area contributed by atoms with Gasteiger partial charge in [0.2, 0.25) is 5.91 Å². The van der Waals surface area contributed by atoms with Crippen LogP contribution in [0, 0.1) is 5.41 Å². The van der Waals surface area contributed by atoms with E-state index < -0.39 is 12.1 Å². The molecule has 4 N–H and O–H groups in total. The summed E-state index contributed by atoms with van der Waals surface area (Å²) < 4.78 is 0. The molecule has 0 heterocycles. The van der Waals surface area contributed by atoms with Gasteiger partial charge >= 0.3 is 0 Å². The molecule has 4 heteroatoms. The Morgan fingerprint density at radius 1 is 1.33 bits per heavy atom. The van der Waals surface area contributed by atoms with Crippen molar-refractivity contribution in [3.8, 4) is 0 Å². The van der Waals surface area contributed by atoms with Crippen LogP contribution in [0.25, 0.3) is 0 Å². The van der Waals surface area contributed by atoms with Crippen LogP contribution in [0.4, 0.5) is 5.69 Å². The fourth-order valence-electron chi connectivity index (χ4n) is 1.58. The van der Waals surface area contributed by atoms with E-state index in [1.807, 2.05) is 32.9 Å². The second kappa shape index (κ2) is 5.50. The summed E-state index contributed by atoms with van der Waals surface area (Å²) in [5, 5.41) is 12.4. The summed E-state index contributed by atoms with van der Waals surface area (Å²) in [4.78, 5) is 12.0. The third kappa shape index (κ3) is 3.55. The Balaban J connectivity index is 2.89. The molecule has 0 saturated carbocycles. The first-order valence-electron chi connectivity index (χ1n) is 6.07. The lowest BCUT2D eigenvalue weighted by atomic mass is 9.87. The van der Waals surface area contributed by atoms with E-state index in [9.17, 15) is 9.90 Å². The Kier molecular flexibility index (Phi) is 4.48. The number of carbonyl (C=O) groups is 1. The molecular formula is C14H22N2O2. The molecule has 0 aliphatic heterocycles. The number of hydrogen-bond acceptors (Lipinski definition) is 3. The van der Waals surface area contributed by atoms with Crippen molar-refractivity contribution < 1.29 is 9.90 Å². The maximum Gasteiger partial charge on any atom is 0.241 e. The molecule has 18 heavy (non-hydrogen) atoms. The highest BCUT2D eigenvalue weighted by Gasteiger charge is 2.27. The topological polar surface area (TPSA) is 75.3 Å². The van der Waals surface area contributed by atoms with Crippen LogP contribution in [0.1, 0.15) is 39.4 Å². The molecule has 0 fully saturated rings. The van der Waals surface area contributed by atoms with E-state index >= 15 is 0 Å². The summed E-state index contributed by atoms with van der Waals surface area (Å²) in [5.41, 5.74) is 6.89. The maximum absolute atomic E-state index is 12.0. The third-order valence-corrected chi connectivity index (χ3v) is 2.88. The third-order valence-electron chi connectivity index (χ3n) is 2.88. The van der Waals surface area contributed by atoms with Gasteiger partial charge in [-0.3, -0.25) is 4.79 Å². The van der Waals surface area contributed by atoms with Crippen LogP contribution in [0.2, 0.25) is 0 Å². The van der Waals surface area contributed by atoms with Crippen molar-refractivity contribution in [2.24, 2.45) is 11.1 Å². The smallest absolute Gasteiger partial charge is 0.241 e. The van der Waals surface area contributed by atoms with Gasteiger partial charge in [0.1, 0.15) is 0 Å². The van der Waals surface area contributed by atoms with Crippen molar-refractivity contribution in [1.29, 1.82) is 0 Å². The van der Waals surface area contributed by atoms with Crippen LogP contribution in [-0.4, -0.2) is 17.1 Å². The first-order valence-corrected chi connectivity index (χ1v) is 6.07. The Morgan fingerprint density at radius 2 is 1.89 bits per heavy atom. The van der Waals surface area contributed by atoms with Gasteiger partial charge in [-0.15, -0.1) is 0 Å². The highest BCUT2D eigenvalue weighted by Crippen LogP contribution is 2.24. The van der Waals surface area contributed by atoms with Crippen LogP contribution >= 0.6 is 0 Å². The first-order chi connectivity index (χ1) is 8.23. The highest BCUT2D eigenvalue weighted by molar-refractivity contribution is 5.95. The number of benzene rings is 1. The fraction of sp³-hybridized carbons (Fsp3) is 0.500. The quantitative estimate of drug-likeness (QED) is 0.768. The summed E-state index contributed by atoms with van der Waals surface area (Å²) in [7, 11) is 0. The molecule has 1 rings (SSSR count). The lowest BCUT2D eigenvalue weighted by Crippen LogP contribution is -2.45. The van der Waals surface area contributed by atoms with Crippen LogP contribution in [0.15, 0.2) is 24.3 Å². The first kappa shape index (κ1) is 14.7. The Morgan fingerprint density at radius 3 is 2.39 bits per heavy atom. The normalized spacial score (nSPS) is 15.0. The van der Waals surface area contributed by atoms with Crippen molar-refractivity contribution >= 4 is 11.6 Å². The van der Waals surface area contributed by atoms with Crippen LogP contribution in [0.3, 0.4) is 0 Å². The van der Waals surface area contributed by atoms with E-state index in [0.29, 0.717) is 11.3 Å². The van der Waals surface area contributed by atoms with Gasteiger partial charge in [0.05, 0.1) is 12.1 Å². The molecule has 0 aliphatic rings. The van der Waals surface area contributed by atoms with Crippen molar-refractivity contribution in [2.75, 3.05) is 5.32 Å². The molecule has 2 unspecified atom stereocenters. The van der Waals surface area contributed by atoms with E-state index in [0.717, 1.165) is 0 Å². The van der Waals surface area contributed by atoms with Crippen molar-refractivity contribution in [1.82, 2.24) is 0 Å². The largest absolute Gasteiger partial charge is 0.389 e. The lowest BCUT2D eigenvalue weighted by Gasteiger charge is -2.26. The zero-order valence-electron chi connectivity index (χ0n) is 11.4. The fourth-order valence-corrected chi connectivity index (χ4v) is 1.58. The predicted octanol–water partition coefficient (Wildman–Crippen LogP) is 2.05. The summed E-state index contributed by atoms with van der Waals surface area (Å²) in [5.74, 6) is -0.240. The van der Waals surface area contributed by atoms with Crippen LogP contribution in [-0.2, 0) is 4.79 Å². The van der Waals surface area contributed by atoms with Crippen molar-refractivity contribution in [3.63, 3.8) is 0 Å². The van der Waals surface area contributed by atoms with Crippen molar-refractivity contribution in [2.45, 2.75) is 39.8 Å². The Hall–Kier alpha value is -1.39. The highest BCUT2D eigenvalue weighted by atomic mass is 16.3. The molecule has 0 saturated heterocycles. The molecular weight excluding hydrogens is 228 g/mol. The average molecular weight is 250 g/mol. The van der Waals surface area contributed by atoms with E-state index in [2.05, 4.69) is 5.32 Å². The number of hydrogen-bond donors (Lipinski definition) is 3. The minimum absolute atomic E-state index is 0.240. The van der Waals surface area contributed by atoms with E-state index in [1.165, 1.54) is 0 Å². The van der Waals surface area contributed by atoms with Gasteiger partial charge < -0.3 is 16.2 Å². The molecule has 1 aromatic rings. The molecule has 0 bridgehead atoms. The monoisotopic (exact) mass is 250 g/mol. The maximum atomic E-state index is 12.0. The number of nitrogens with two attached hydrogens (primary N) is 1. The number of amides is 1. The number of carbonyl (C=O) groups excluding carboxylic acids is 1. The molecule has 100 valence electrons. The zero-order chi connectivity index (χ0) is 13.9. The van der Waals surface area contributed by atoms with Gasteiger partial charge in [0.15, 0.2) is 0 Å². The summed E-state index contributed by atoms with van der Waals surface area (Å²) in [6.07, 6.45) is -0.632. The zero-order valence-corrected chi connectivity index (χ0v) is 11.4. The molecule has 1 aromatic carbocycles. The number of anilines is 1. The number of nitrogens with one attached hydrogen (secondary N) is 1. The number of rotatable bonds is 3. The van der Waals surface area contributed by atoms with Gasteiger partial charge in [0, 0.05) is 11.3 Å². The summed E-state index contributed by atoms with van der Waals surface area (Å²) in [6, 6.07) is 6.57. The number of aliphatic hydroxyl groups is 1. The SMILES string of the molecule is CC(O)c1ccccc1NC(=O)C(N)C(C)(C)C. The van der Waals surface area contributed by atoms with Crippen LogP contribution < -0.4 is 11.1 Å². The Labute approximate surface area is 108 Å². The molecule has 1 amide bonds. The molecule has 4 nitrogen and oxygen atoms in total. The minimum atomic E-state index is -0.632. The van der Waals surface area contributed by atoms with Gasteiger partial charge in [-0.1, -0.05) is 39.0 Å². The molecule has 0 aromatic heterocycles. The van der Waals surface area contributed by atoms with Gasteiger partial charge in [-0.2, -0.15) is 0 Å². The Bertz CT molecular complexity index is 422. The second-order valence-electron chi connectivity index (χ2n) is 5.60. The van der Waals surface area contributed by atoms with Crippen LogP contribution in [0.5, 0.6) is 0 Å². The average Bonchev–Trinajstić information content (AvgIpc) is 2.27. The summed E-state index contributed by atoms with van der Waals surface area (Å²) >= 11 is 0. The van der Waals surface area contributed by atoms with E-state index in [1.54, 1.807) is 19.1 Å². The minimum Gasteiger partial charge on any atom is -0.389 e. The predicted molar refractivity (Wildman–Crippen MR) is 73.1 cm³/mol. The lowest BCUT2D eigenvalue weighted by molar-refractivity contribution is -0.119. The van der Waals surface area contributed by atoms with Gasteiger partial charge in [-0.25, -0.2) is 0 Å². The number of para-hydroxylation sites is 1. The van der Waals surface area contributed by atoms with Gasteiger partial charge in [0.25, 0.3) is 0 Å². The van der Waals surface area contributed by atoms with Crippen molar-refractivity contribution in [3.05, 3.63) is 29.8 Å². The summed E-state index contributed by atoms with van der Waals surface area (Å²) in [6.45, 7) is 7.40.